The molecule has 2 aromatic rings. The molecule has 1 heterocycles. The lowest BCUT2D eigenvalue weighted by Crippen LogP contribution is -2.22. The first kappa shape index (κ1) is 22.2. The van der Waals surface area contributed by atoms with Gasteiger partial charge in [0.2, 0.25) is 17.8 Å². The second-order valence-corrected chi connectivity index (χ2v) is 6.02. The molecule has 0 aliphatic carbocycles. The summed E-state index contributed by atoms with van der Waals surface area (Å²) in [5.41, 5.74) is -1.05. The molecule has 0 saturated carbocycles. The number of benzene rings is 1. The van der Waals surface area contributed by atoms with Gasteiger partial charge in [-0.25, -0.2) is 0 Å². The number of nitrogens with one attached hydrogen (secondary N) is 2. The van der Waals surface area contributed by atoms with E-state index in [0.29, 0.717) is 0 Å². The van der Waals surface area contributed by atoms with E-state index in [-0.39, 0.29) is 5.69 Å². The average molecular weight is 423 g/mol. The lowest BCUT2D eigenvalue weighted by Gasteiger charge is -2.13. The van der Waals surface area contributed by atoms with Crippen LogP contribution in [0.3, 0.4) is 0 Å². The third-order valence-electron chi connectivity index (χ3n) is 3.19. The quantitative estimate of drug-likeness (QED) is 0.678. The molecule has 1 amide bonds. The highest BCUT2D eigenvalue weighted by Gasteiger charge is 2.31. The molecule has 0 aliphatic rings. The number of hydrogen-bond acceptors (Lipinski definition) is 6. The molecule has 29 heavy (non-hydrogen) atoms. The number of rotatable bonds is 6. The van der Waals surface area contributed by atoms with Crippen molar-refractivity contribution in [1.82, 2.24) is 15.0 Å². The normalized spacial score (nSPS) is 12.0. The zero-order valence-corrected chi connectivity index (χ0v) is 15.0. The van der Waals surface area contributed by atoms with E-state index in [1.807, 2.05) is 0 Å². The minimum atomic E-state index is -4.68. The van der Waals surface area contributed by atoms with Crippen LogP contribution in [0.5, 0.6) is 6.01 Å². The van der Waals surface area contributed by atoms with Gasteiger partial charge < -0.3 is 10.1 Å². The van der Waals surface area contributed by atoms with Crippen LogP contribution >= 0.6 is 0 Å². The first-order valence-corrected chi connectivity index (χ1v) is 8.04. The van der Waals surface area contributed by atoms with Crippen LogP contribution in [0.15, 0.2) is 24.3 Å². The van der Waals surface area contributed by atoms with Crippen molar-refractivity contribution in [2.24, 2.45) is 5.92 Å². The number of nitrogens with zero attached hydrogens (tertiary/aromatic N) is 3. The summed E-state index contributed by atoms with van der Waals surface area (Å²) in [5.74, 6) is -1.88. The van der Waals surface area contributed by atoms with Gasteiger partial charge >= 0.3 is 18.4 Å². The van der Waals surface area contributed by atoms with Gasteiger partial charge in [-0.15, -0.1) is 0 Å². The summed E-state index contributed by atoms with van der Waals surface area (Å²) in [5, 5.41) is 4.68. The van der Waals surface area contributed by atoms with E-state index in [1.165, 1.54) is 6.07 Å². The van der Waals surface area contributed by atoms with Crippen molar-refractivity contribution in [1.29, 1.82) is 0 Å². The summed E-state index contributed by atoms with van der Waals surface area (Å²) in [7, 11) is 0. The van der Waals surface area contributed by atoms with Crippen LogP contribution in [0.25, 0.3) is 0 Å². The number of amides is 1. The SMILES string of the molecule is CC(C)C(=O)Nc1nc(Nc2cccc(C(F)(F)F)c2)nc(OCC(F)(F)F)n1. The Hall–Kier alpha value is -3.12. The minimum Gasteiger partial charge on any atom is -0.454 e. The molecule has 1 aromatic carbocycles. The molecule has 0 saturated heterocycles. The molecule has 0 atom stereocenters. The average Bonchev–Trinajstić information content (AvgIpc) is 2.58. The van der Waals surface area contributed by atoms with Crippen LogP contribution in [0.2, 0.25) is 0 Å². The lowest BCUT2D eigenvalue weighted by molar-refractivity contribution is -0.154. The number of anilines is 3. The van der Waals surface area contributed by atoms with Crippen molar-refractivity contribution in [2.45, 2.75) is 26.2 Å². The number of carbonyl (C=O) groups excluding carboxylic acids is 1. The molecular formula is C16H15F6N5O2. The van der Waals surface area contributed by atoms with Gasteiger partial charge in [0.05, 0.1) is 5.56 Å². The van der Waals surface area contributed by atoms with Gasteiger partial charge in [-0.05, 0) is 18.2 Å². The Balaban J connectivity index is 2.32. The van der Waals surface area contributed by atoms with Gasteiger partial charge in [-0.1, -0.05) is 19.9 Å². The summed E-state index contributed by atoms with van der Waals surface area (Å²) in [6, 6.07) is 3.21. The predicted molar refractivity (Wildman–Crippen MR) is 89.6 cm³/mol. The second-order valence-electron chi connectivity index (χ2n) is 6.02. The van der Waals surface area contributed by atoms with Crippen molar-refractivity contribution >= 4 is 23.5 Å². The fourth-order valence-corrected chi connectivity index (χ4v) is 1.84. The smallest absolute Gasteiger partial charge is 0.422 e. The highest BCUT2D eigenvalue weighted by Crippen LogP contribution is 2.31. The summed E-state index contributed by atoms with van der Waals surface area (Å²) >= 11 is 0. The molecule has 0 spiro atoms. The Labute approximate surface area is 160 Å². The molecule has 2 rings (SSSR count). The van der Waals surface area contributed by atoms with E-state index in [1.54, 1.807) is 13.8 Å². The van der Waals surface area contributed by atoms with E-state index >= 15 is 0 Å². The Bertz CT molecular complexity index is 870. The van der Waals surface area contributed by atoms with Gasteiger partial charge in [0.15, 0.2) is 6.61 Å². The Morgan fingerprint density at radius 1 is 1.07 bits per heavy atom. The molecule has 2 N–H and O–H groups in total. The van der Waals surface area contributed by atoms with Gasteiger partial charge in [-0.2, -0.15) is 41.3 Å². The van der Waals surface area contributed by atoms with Crippen molar-refractivity contribution in [3.8, 4) is 6.01 Å². The predicted octanol–water partition coefficient (Wildman–Crippen LogP) is 4.17. The van der Waals surface area contributed by atoms with Gasteiger partial charge in [0.25, 0.3) is 0 Å². The molecular weight excluding hydrogens is 408 g/mol. The van der Waals surface area contributed by atoms with E-state index in [9.17, 15) is 31.1 Å². The number of halogens is 6. The fraction of sp³-hybridized carbons (Fsp3) is 0.375. The van der Waals surface area contributed by atoms with Crippen LogP contribution in [-0.2, 0) is 11.0 Å². The second kappa shape index (κ2) is 8.49. The van der Waals surface area contributed by atoms with E-state index in [2.05, 4.69) is 30.3 Å². The van der Waals surface area contributed by atoms with Crippen molar-refractivity contribution in [3.05, 3.63) is 29.8 Å². The number of alkyl halides is 6. The van der Waals surface area contributed by atoms with Crippen LogP contribution in [0, 0.1) is 5.92 Å². The van der Waals surface area contributed by atoms with Crippen LogP contribution in [0.4, 0.5) is 43.9 Å². The lowest BCUT2D eigenvalue weighted by atomic mass is 10.2. The maximum absolute atomic E-state index is 12.8. The summed E-state index contributed by atoms with van der Waals surface area (Å²) < 4.78 is 80.0. The number of aromatic nitrogens is 3. The van der Waals surface area contributed by atoms with Gasteiger partial charge in [0, 0.05) is 11.6 Å². The Morgan fingerprint density at radius 2 is 1.72 bits per heavy atom. The first-order valence-electron chi connectivity index (χ1n) is 8.04. The van der Waals surface area contributed by atoms with E-state index < -0.39 is 54.3 Å². The standard InChI is InChI=1S/C16H15F6N5O2/c1-8(2)11(28)24-13-25-12(26-14(27-13)29-7-15(17,18)19)23-10-5-3-4-9(6-10)16(20,21)22/h3-6,8H,7H2,1-2H3,(H2,23,24,25,26,27,28). The number of carbonyl (C=O) groups is 1. The zero-order valence-electron chi connectivity index (χ0n) is 15.0. The zero-order chi connectivity index (χ0) is 21.8. The third kappa shape index (κ3) is 7.08. The van der Waals surface area contributed by atoms with Crippen molar-refractivity contribution in [2.75, 3.05) is 17.2 Å². The first-order chi connectivity index (χ1) is 13.3. The monoisotopic (exact) mass is 423 g/mol. The van der Waals surface area contributed by atoms with Crippen LogP contribution < -0.4 is 15.4 Å². The maximum Gasteiger partial charge on any atom is 0.422 e. The minimum absolute atomic E-state index is 0.0890. The molecule has 7 nitrogen and oxygen atoms in total. The van der Waals surface area contributed by atoms with E-state index in [4.69, 9.17) is 0 Å². The molecule has 0 aliphatic heterocycles. The van der Waals surface area contributed by atoms with Gasteiger partial charge in [0.1, 0.15) is 0 Å². The molecule has 0 bridgehead atoms. The van der Waals surface area contributed by atoms with Crippen LogP contribution in [-0.4, -0.2) is 33.6 Å². The molecule has 13 heteroatoms. The van der Waals surface area contributed by atoms with Crippen molar-refractivity contribution < 1.29 is 35.9 Å². The third-order valence-corrected chi connectivity index (χ3v) is 3.19. The fourth-order valence-electron chi connectivity index (χ4n) is 1.84. The highest BCUT2D eigenvalue weighted by atomic mass is 19.4. The topological polar surface area (TPSA) is 89.0 Å². The number of hydrogen-bond donors (Lipinski definition) is 2. The summed E-state index contributed by atoms with van der Waals surface area (Å²) in [6.45, 7) is 1.40. The highest BCUT2D eigenvalue weighted by molar-refractivity contribution is 5.90. The Kier molecular flexibility index (Phi) is 6.49. The van der Waals surface area contributed by atoms with E-state index in [0.717, 1.165) is 18.2 Å². The molecule has 0 fully saturated rings. The summed E-state index contributed by atoms with van der Waals surface area (Å²) in [6.07, 6.45) is -9.28. The van der Waals surface area contributed by atoms with Crippen LogP contribution in [0.1, 0.15) is 19.4 Å². The van der Waals surface area contributed by atoms with Gasteiger partial charge in [-0.3, -0.25) is 10.1 Å². The molecule has 0 radical (unpaired) electrons. The maximum atomic E-state index is 12.8. The molecule has 1 aromatic heterocycles. The molecule has 158 valence electrons. The number of ether oxygens (including phenoxy) is 1. The summed E-state index contributed by atoms with van der Waals surface area (Å²) in [4.78, 5) is 22.7. The largest absolute Gasteiger partial charge is 0.454 e. The van der Waals surface area contributed by atoms with Crippen molar-refractivity contribution in [3.63, 3.8) is 0 Å². The Morgan fingerprint density at radius 3 is 2.31 bits per heavy atom. The molecule has 0 unspecified atom stereocenters.